The predicted molar refractivity (Wildman–Crippen MR) is 92.3 cm³/mol. The zero-order valence-corrected chi connectivity index (χ0v) is 14.7. The first-order chi connectivity index (χ1) is 10.7. The van der Waals surface area contributed by atoms with Crippen molar-refractivity contribution in [3.05, 3.63) is 34.3 Å². The van der Waals surface area contributed by atoms with Gasteiger partial charge in [-0.15, -0.1) is 5.92 Å². The molecular formula is C18H25BrO3. The number of benzene rings is 1. The molecule has 0 radical (unpaired) electrons. The highest BCUT2D eigenvalue weighted by Crippen LogP contribution is 2.12. The summed E-state index contributed by atoms with van der Waals surface area (Å²) in [5, 5.41) is 19.4. The standard InChI is InChI=1S/C18H25BrO3/c1-2-3-4-5-6-7-16(12-20)18(21)14-22-13-15-8-10-17(19)11-9-15/h8-11,16,18,20-21H,2-5,12-14H2,1H3/t16-,18-/m1/s1. The van der Waals surface area contributed by atoms with Gasteiger partial charge in [-0.25, -0.2) is 0 Å². The van der Waals surface area contributed by atoms with Gasteiger partial charge in [-0.05, 0) is 24.1 Å². The lowest BCUT2D eigenvalue weighted by molar-refractivity contribution is -0.00111. The molecule has 0 aliphatic rings. The Kier molecular flexibility index (Phi) is 10.2. The van der Waals surface area contributed by atoms with Crippen molar-refractivity contribution in [2.24, 2.45) is 5.92 Å². The number of unbranched alkanes of at least 4 members (excludes halogenated alkanes) is 3. The normalized spacial score (nSPS) is 13.3. The van der Waals surface area contributed by atoms with E-state index in [-0.39, 0.29) is 13.2 Å². The molecule has 0 bridgehead atoms. The van der Waals surface area contributed by atoms with Gasteiger partial charge in [0, 0.05) is 10.9 Å². The molecule has 0 amide bonds. The zero-order chi connectivity index (χ0) is 16.2. The maximum absolute atomic E-state index is 10.0. The van der Waals surface area contributed by atoms with E-state index < -0.39 is 12.0 Å². The molecule has 0 spiro atoms. The molecule has 0 saturated carbocycles. The van der Waals surface area contributed by atoms with Gasteiger partial charge < -0.3 is 14.9 Å². The van der Waals surface area contributed by atoms with E-state index in [0.29, 0.717) is 6.61 Å². The van der Waals surface area contributed by atoms with Crippen LogP contribution in [0.3, 0.4) is 0 Å². The summed E-state index contributed by atoms with van der Waals surface area (Å²) in [5.41, 5.74) is 1.04. The van der Waals surface area contributed by atoms with Crippen LogP contribution in [-0.4, -0.2) is 29.5 Å². The van der Waals surface area contributed by atoms with Crippen LogP contribution in [0, 0.1) is 17.8 Å². The average molecular weight is 369 g/mol. The summed E-state index contributed by atoms with van der Waals surface area (Å²) >= 11 is 3.38. The molecule has 1 rings (SSSR count). The molecule has 122 valence electrons. The van der Waals surface area contributed by atoms with Crippen molar-refractivity contribution < 1.29 is 14.9 Å². The molecule has 1 aromatic carbocycles. The Balaban J connectivity index is 2.31. The van der Waals surface area contributed by atoms with Crippen LogP contribution in [0.25, 0.3) is 0 Å². The molecule has 4 heteroatoms. The van der Waals surface area contributed by atoms with E-state index >= 15 is 0 Å². The Hall–Kier alpha value is -0.860. The summed E-state index contributed by atoms with van der Waals surface area (Å²) in [5.74, 6) is 5.55. The van der Waals surface area contributed by atoms with Crippen molar-refractivity contribution in [3.8, 4) is 11.8 Å². The molecule has 0 aliphatic carbocycles. The van der Waals surface area contributed by atoms with Gasteiger partial charge in [-0.1, -0.05) is 53.7 Å². The van der Waals surface area contributed by atoms with Crippen molar-refractivity contribution in [3.63, 3.8) is 0 Å². The van der Waals surface area contributed by atoms with Crippen LogP contribution in [0.4, 0.5) is 0 Å². The largest absolute Gasteiger partial charge is 0.395 e. The number of hydrogen-bond acceptors (Lipinski definition) is 3. The minimum Gasteiger partial charge on any atom is -0.395 e. The van der Waals surface area contributed by atoms with Gasteiger partial charge >= 0.3 is 0 Å². The van der Waals surface area contributed by atoms with Crippen molar-refractivity contribution in [2.45, 2.75) is 45.3 Å². The number of ether oxygens (including phenoxy) is 1. The van der Waals surface area contributed by atoms with E-state index in [1.54, 1.807) is 0 Å². The lowest BCUT2D eigenvalue weighted by Crippen LogP contribution is -2.27. The van der Waals surface area contributed by atoms with Gasteiger partial charge in [0.05, 0.1) is 31.8 Å². The van der Waals surface area contributed by atoms with Crippen LogP contribution in [-0.2, 0) is 11.3 Å². The van der Waals surface area contributed by atoms with E-state index in [2.05, 4.69) is 34.7 Å². The van der Waals surface area contributed by atoms with Crippen LogP contribution >= 0.6 is 15.9 Å². The van der Waals surface area contributed by atoms with E-state index in [0.717, 1.165) is 35.7 Å². The molecular weight excluding hydrogens is 344 g/mol. The fraction of sp³-hybridized carbons (Fsp3) is 0.556. The van der Waals surface area contributed by atoms with Crippen LogP contribution in [0.2, 0.25) is 0 Å². The molecule has 1 aromatic rings. The van der Waals surface area contributed by atoms with Crippen LogP contribution < -0.4 is 0 Å². The lowest BCUT2D eigenvalue weighted by Gasteiger charge is -2.16. The van der Waals surface area contributed by atoms with E-state index in [1.807, 2.05) is 24.3 Å². The second-order valence-electron chi connectivity index (χ2n) is 5.28. The number of halogens is 1. The van der Waals surface area contributed by atoms with Crippen molar-refractivity contribution in [1.29, 1.82) is 0 Å². The monoisotopic (exact) mass is 368 g/mol. The molecule has 22 heavy (non-hydrogen) atoms. The summed E-state index contributed by atoms with van der Waals surface area (Å²) in [6.07, 6.45) is 3.45. The molecule has 0 aromatic heterocycles. The maximum Gasteiger partial charge on any atom is 0.0933 e. The van der Waals surface area contributed by atoms with Crippen molar-refractivity contribution >= 4 is 15.9 Å². The van der Waals surface area contributed by atoms with Gasteiger partial charge in [0.2, 0.25) is 0 Å². The highest BCUT2D eigenvalue weighted by Gasteiger charge is 2.16. The third-order valence-corrected chi connectivity index (χ3v) is 3.85. The number of hydrogen-bond donors (Lipinski definition) is 2. The SMILES string of the molecule is CCCCCC#C[C@H](CO)[C@H](O)COCc1ccc(Br)cc1. The molecule has 2 atom stereocenters. The third-order valence-electron chi connectivity index (χ3n) is 3.32. The van der Waals surface area contributed by atoms with Gasteiger partial charge in [0.1, 0.15) is 0 Å². The van der Waals surface area contributed by atoms with Crippen LogP contribution in [0.1, 0.15) is 38.2 Å². The molecule has 0 fully saturated rings. The maximum atomic E-state index is 10.0. The third kappa shape index (κ3) is 7.95. The average Bonchev–Trinajstić information content (AvgIpc) is 2.52. The molecule has 2 N–H and O–H groups in total. The molecule has 0 aliphatic heterocycles. The van der Waals surface area contributed by atoms with Gasteiger partial charge in [-0.3, -0.25) is 0 Å². The minimum absolute atomic E-state index is 0.149. The summed E-state index contributed by atoms with van der Waals surface area (Å²) in [4.78, 5) is 0. The van der Waals surface area contributed by atoms with E-state index in [9.17, 15) is 10.2 Å². The fourth-order valence-electron chi connectivity index (χ4n) is 1.92. The number of aliphatic hydroxyl groups excluding tert-OH is 2. The smallest absolute Gasteiger partial charge is 0.0933 e. The topological polar surface area (TPSA) is 49.7 Å². The Bertz CT molecular complexity index is 461. The first kappa shape index (κ1) is 19.2. The van der Waals surface area contributed by atoms with Crippen molar-refractivity contribution in [1.82, 2.24) is 0 Å². The summed E-state index contributed by atoms with van der Waals surface area (Å²) in [7, 11) is 0. The fourth-order valence-corrected chi connectivity index (χ4v) is 2.19. The second-order valence-corrected chi connectivity index (χ2v) is 6.19. The van der Waals surface area contributed by atoms with Crippen molar-refractivity contribution in [2.75, 3.05) is 13.2 Å². The lowest BCUT2D eigenvalue weighted by atomic mass is 10.0. The summed E-state index contributed by atoms with van der Waals surface area (Å²) in [6, 6.07) is 7.84. The van der Waals surface area contributed by atoms with E-state index in [1.165, 1.54) is 0 Å². The van der Waals surface area contributed by atoms with Crippen LogP contribution in [0.15, 0.2) is 28.7 Å². The Morgan fingerprint density at radius 2 is 1.95 bits per heavy atom. The molecule has 0 saturated heterocycles. The first-order valence-electron chi connectivity index (χ1n) is 7.76. The molecule has 3 nitrogen and oxygen atoms in total. The minimum atomic E-state index is -0.765. The molecule has 0 unspecified atom stereocenters. The number of aliphatic hydroxyl groups is 2. The highest BCUT2D eigenvalue weighted by atomic mass is 79.9. The second kappa shape index (κ2) is 11.7. The van der Waals surface area contributed by atoms with Gasteiger partial charge in [0.15, 0.2) is 0 Å². The quantitative estimate of drug-likeness (QED) is 0.517. The zero-order valence-electron chi connectivity index (χ0n) is 13.1. The Morgan fingerprint density at radius 1 is 1.23 bits per heavy atom. The summed E-state index contributed by atoms with van der Waals surface area (Å²) in [6.45, 7) is 2.61. The first-order valence-corrected chi connectivity index (χ1v) is 8.56. The Labute approximate surface area is 141 Å². The predicted octanol–water partition coefficient (Wildman–Crippen LogP) is 3.52. The number of rotatable bonds is 9. The molecule has 0 heterocycles. The Morgan fingerprint density at radius 3 is 2.59 bits per heavy atom. The van der Waals surface area contributed by atoms with Gasteiger partial charge in [0.25, 0.3) is 0 Å². The van der Waals surface area contributed by atoms with Gasteiger partial charge in [-0.2, -0.15) is 0 Å². The van der Waals surface area contributed by atoms with Crippen LogP contribution in [0.5, 0.6) is 0 Å². The highest BCUT2D eigenvalue weighted by molar-refractivity contribution is 9.10. The summed E-state index contributed by atoms with van der Waals surface area (Å²) < 4.78 is 6.53. The van der Waals surface area contributed by atoms with E-state index in [4.69, 9.17) is 4.74 Å².